The van der Waals surface area contributed by atoms with Crippen LogP contribution in [0.25, 0.3) is 10.9 Å². The number of amides is 2. The number of rotatable bonds is 5. The van der Waals surface area contributed by atoms with E-state index >= 15 is 0 Å². The van der Waals surface area contributed by atoms with Crippen LogP contribution >= 0.6 is 0 Å². The molecule has 2 heterocycles. The van der Waals surface area contributed by atoms with Crippen molar-refractivity contribution in [2.45, 2.75) is 57.2 Å². The summed E-state index contributed by atoms with van der Waals surface area (Å²) < 4.78 is 12.9. The van der Waals surface area contributed by atoms with Crippen molar-refractivity contribution in [3.8, 4) is 11.5 Å². The van der Waals surface area contributed by atoms with Gasteiger partial charge in [-0.25, -0.2) is 0 Å². The first-order chi connectivity index (χ1) is 16.5. The highest BCUT2D eigenvalue weighted by atomic mass is 16.5. The summed E-state index contributed by atoms with van der Waals surface area (Å²) in [7, 11) is 3.14. The van der Waals surface area contributed by atoms with Crippen molar-refractivity contribution in [2.24, 2.45) is 0 Å². The molecule has 2 aromatic carbocycles. The number of nitrogens with one attached hydrogen (secondary N) is 1. The zero-order valence-corrected chi connectivity index (χ0v) is 20.0. The Morgan fingerprint density at radius 1 is 1.00 bits per heavy atom. The second-order valence-corrected chi connectivity index (χ2v) is 9.44. The molecule has 1 atom stereocenters. The van der Waals surface area contributed by atoms with Gasteiger partial charge in [0.1, 0.15) is 11.2 Å². The number of benzene rings is 2. The van der Waals surface area contributed by atoms with Crippen LogP contribution in [0.3, 0.4) is 0 Å². The predicted molar refractivity (Wildman–Crippen MR) is 132 cm³/mol. The van der Waals surface area contributed by atoms with Crippen LogP contribution in [0.5, 0.6) is 11.5 Å². The molecule has 1 aliphatic heterocycles. The van der Waals surface area contributed by atoms with Crippen molar-refractivity contribution in [3.05, 3.63) is 54.2 Å². The first-order valence-corrected chi connectivity index (χ1v) is 11.9. The third-order valence-electron chi connectivity index (χ3n) is 7.25. The number of carbonyl (C=O) groups excluding carboxylic acids is 2. The summed E-state index contributed by atoms with van der Waals surface area (Å²) in [6.07, 6.45) is 5.39. The highest BCUT2D eigenvalue weighted by Gasteiger charge is 2.49. The molecule has 7 heteroatoms. The molecule has 2 aliphatic rings. The SMILES string of the molecule is COc1ccc(N2C(=O)c3cc4ccccc4n3C[C@@]2(C)C(=O)NC2CCCCC2)cc1OC. The standard InChI is InChI=1S/C27H31N3O4/c1-27(26(32)28-19-10-5-4-6-11-19)17-29-21-12-8-7-9-18(21)15-22(29)25(31)30(27)20-13-14-23(33-2)24(16-20)34-3/h7-9,12-16,19H,4-6,10-11,17H2,1-3H3,(H,28,32)/t27-/m0/s1. The number of ether oxygens (including phenoxy) is 2. The van der Waals surface area contributed by atoms with Crippen LogP contribution in [0, 0.1) is 0 Å². The monoisotopic (exact) mass is 461 g/mol. The summed E-state index contributed by atoms with van der Waals surface area (Å²) in [6.45, 7) is 2.21. The van der Waals surface area contributed by atoms with Gasteiger partial charge < -0.3 is 19.4 Å². The molecule has 1 N–H and O–H groups in total. The largest absolute Gasteiger partial charge is 0.493 e. The predicted octanol–water partition coefficient (Wildman–Crippen LogP) is 4.53. The van der Waals surface area contributed by atoms with Gasteiger partial charge in [0.15, 0.2) is 11.5 Å². The quantitative estimate of drug-likeness (QED) is 0.606. The van der Waals surface area contributed by atoms with Gasteiger partial charge in [-0.2, -0.15) is 0 Å². The number of anilines is 1. The van der Waals surface area contributed by atoms with Crippen molar-refractivity contribution < 1.29 is 19.1 Å². The number of methoxy groups -OCH3 is 2. The van der Waals surface area contributed by atoms with E-state index in [2.05, 4.69) is 5.32 Å². The van der Waals surface area contributed by atoms with Crippen LogP contribution in [0.4, 0.5) is 5.69 Å². The van der Waals surface area contributed by atoms with Crippen LogP contribution < -0.4 is 19.7 Å². The summed E-state index contributed by atoms with van der Waals surface area (Å²) in [5.74, 6) is 0.731. The fourth-order valence-electron chi connectivity index (χ4n) is 5.40. The molecule has 0 unspecified atom stereocenters. The van der Waals surface area contributed by atoms with Gasteiger partial charge in [0, 0.05) is 28.7 Å². The minimum Gasteiger partial charge on any atom is -0.493 e. The second-order valence-electron chi connectivity index (χ2n) is 9.44. The van der Waals surface area contributed by atoms with Crippen molar-refractivity contribution in [2.75, 3.05) is 19.1 Å². The number of aromatic nitrogens is 1. The number of fused-ring (bicyclic) bond motifs is 3. The molecule has 3 aromatic rings. The zero-order valence-electron chi connectivity index (χ0n) is 20.0. The van der Waals surface area contributed by atoms with E-state index in [0.717, 1.165) is 36.6 Å². The number of hydrogen-bond acceptors (Lipinski definition) is 4. The van der Waals surface area contributed by atoms with Gasteiger partial charge in [-0.3, -0.25) is 14.5 Å². The number of nitrogens with zero attached hydrogens (tertiary/aromatic N) is 2. The molecule has 0 radical (unpaired) electrons. The summed E-state index contributed by atoms with van der Waals surface area (Å²) in [5.41, 5.74) is 0.997. The molecule has 2 amide bonds. The topological polar surface area (TPSA) is 72.8 Å². The Kier molecular flexibility index (Phi) is 5.71. The van der Waals surface area contributed by atoms with E-state index in [9.17, 15) is 9.59 Å². The van der Waals surface area contributed by atoms with E-state index in [-0.39, 0.29) is 17.9 Å². The molecule has 34 heavy (non-hydrogen) atoms. The number of para-hydroxylation sites is 1. The van der Waals surface area contributed by atoms with Gasteiger partial charge in [0.2, 0.25) is 5.91 Å². The van der Waals surface area contributed by atoms with E-state index in [1.54, 1.807) is 31.3 Å². The normalized spacial score (nSPS) is 20.8. The molecule has 0 spiro atoms. The zero-order chi connectivity index (χ0) is 23.9. The fourth-order valence-corrected chi connectivity index (χ4v) is 5.40. The summed E-state index contributed by atoms with van der Waals surface area (Å²) in [5, 5.41) is 4.25. The fraction of sp³-hybridized carbons (Fsp3) is 0.407. The lowest BCUT2D eigenvalue weighted by atomic mass is 9.91. The van der Waals surface area contributed by atoms with Crippen LogP contribution in [0.2, 0.25) is 0 Å². The molecular weight excluding hydrogens is 430 g/mol. The van der Waals surface area contributed by atoms with E-state index in [1.807, 2.05) is 47.9 Å². The first-order valence-electron chi connectivity index (χ1n) is 11.9. The van der Waals surface area contributed by atoms with Gasteiger partial charge in [0.05, 0.1) is 20.8 Å². The van der Waals surface area contributed by atoms with Gasteiger partial charge in [0.25, 0.3) is 5.91 Å². The molecule has 5 rings (SSSR count). The van der Waals surface area contributed by atoms with Gasteiger partial charge in [-0.15, -0.1) is 0 Å². The molecular formula is C27H31N3O4. The lowest BCUT2D eigenvalue weighted by molar-refractivity contribution is -0.127. The average molecular weight is 462 g/mol. The molecule has 0 bridgehead atoms. The Bertz CT molecular complexity index is 1240. The summed E-state index contributed by atoms with van der Waals surface area (Å²) >= 11 is 0. The Morgan fingerprint density at radius 3 is 2.47 bits per heavy atom. The first kappa shape index (κ1) is 22.3. The average Bonchev–Trinajstić information content (AvgIpc) is 3.23. The van der Waals surface area contributed by atoms with Crippen molar-refractivity contribution >= 4 is 28.4 Å². The van der Waals surface area contributed by atoms with E-state index in [0.29, 0.717) is 29.4 Å². The number of carbonyl (C=O) groups is 2. The number of hydrogen-bond donors (Lipinski definition) is 1. The van der Waals surface area contributed by atoms with Crippen molar-refractivity contribution in [1.82, 2.24) is 9.88 Å². The summed E-state index contributed by atoms with van der Waals surface area (Å²) in [6, 6.07) is 15.3. The molecule has 1 fully saturated rings. The van der Waals surface area contributed by atoms with Crippen LogP contribution in [0.15, 0.2) is 48.5 Å². The maximum Gasteiger partial charge on any atom is 0.275 e. The van der Waals surface area contributed by atoms with Crippen LogP contribution in [0.1, 0.15) is 49.5 Å². The Balaban J connectivity index is 1.62. The molecule has 7 nitrogen and oxygen atoms in total. The summed E-state index contributed by atoms with van der Waals surface area (Å²) in [4.78, 5) is 29.5. The Hall–Kier alpha value is -3.48. The molecule has 0 saturated heterocycles. The Labute approximate surface area is 199 Å². The van der Waals surface area contributed by atoms with E-state index in [1.165, 1.54) is 6.42 Å². The lowest BCUT2D eigenvalue weighted by Crippen LogP contribution is -2.65. The van der Waals surface area contributed by atoms with Crippen LogP contribution in [-0.4, -0.2) is 42.2 Å². The second kappa shape index (κ2) is 8.70. The highest BCUT2D eigenvalue weighted by molar-refractivity contribution is 6.14. The highest BCUT2D eigenvalue weighted by Crippen LogP contribution is 2.39. The van der Waals surface area contributed by atoms with Crippen LogP contribution in [-0.2, 0) is 11.3 Å². The lowest BCUT2D eigenvalue weighted by Gasteiger charge is -2.44. The molecule has 178 valence electrons. The molecule has 1 aliphatic carbocycles. The van der Waals surface area contributed by atoms with E-state index < -0.39 is 5.54 Å². The third-order valence-corrected chi connectivity index (χ3v) is 7.25. The molecule has 1 saturated carbocycles. The van der Waals surface area contributed by atoms with E-state index in [4.69, 9.17) is 9.47 Å². The maximum absolute atomic E-state index is 14.0. The van der Waals surface area contributed by atoms with Crippen molar-refractivity contribution in [3.63, 3.8) is 0 Å². The Morgan fingerprint density at radius 2 is 1.74 bits per heavy atom. The smallest absolute Gasteiger partial charge is 0.275 e. The van der Waals surface area contributed by atoms with Gasteiger partial charge in [-0.05, 0) is 44.0 Å². The van der Waals surface area contributed by atoms with Gasteiger partial charge in [-0.1, -0.05) is 37.5 Å². The molecule has 1 aromatic heterocycles. The van der Waals surface area contributed by atoms with Crippen molar-refractivity contribution in [1.29, 1.82) is 0 Å². The maximum atomic E-state index is 14.0. The van der Waals surface area contributed by atoms with Gasteiger partial charge >= 0.3 is 0 Å². The minimum atomic E-state index is -1.12. The minimum absolute atomic E-state index is 0.133. The third kappa shape index (κ3) is 3.59.